The van der Waals surface area contributed by atoms with Crippen LogP contribution in [0.3, 0.4) is 0 Å². The molecule has 7 heteroatoms. The molecule has 0 saturated heterocycles. The highest BCUT2D eigenvalue weighted by molar-refractivity contribution is 7.15. The second kappa shape index (κ2) is 4.68. The number of carbonyl (C=O) groups excluding carboxylic acids is 1. The van der Waals surface area contributed by atoms with Gasteiger partial charge < -0.3 is 5.11 Å². The third-order valence-corrected chi connectivity index (χ3v) is 2.94. The average Bonchev–Trinajstić information content (AvgIpc) is 2.67. The van der Waals surface area contributed by atoms with Gasteiger partial charge in [0.1, 0.15) is 10.8 Å². The lowest BCUT2D eigenvalue weighted by molar-refractivity contribution is 0.102. The largest absolute Gasteiger partial charge is 0.507 e. The zero-order chi connectivity index (χ0) is 12.4. The summed E-state index contributed by atoms with van der Waals surface area (Å²) in [4.78, 5) is 11.8. The number of aryl methyl sites for hydroxylation is 1. The zero-order valence-corrected chi connectivity index (χ0v) is 10.3. The van der Waals surface area contributed by atoms with Crippen LogP contribution >= 0.6 is 22.9 Å². The van der Waals surface area contributed by atoms with Gasteiger partial charge in [0.05, 0.1) is 5.56 Å². The summed E-state index contributed by atoms with van der Waals surface area (Å²) in [5, 5.41) is 21.1. The summed E-state index contributed by atoms with van der Waals surface area (Å²) in [7, 11) is 0. The van der Waals surface area contributed by atoms with Crippen molar-refractivity contribution >= 4 is 34.0 Å². The van der Waals surface area contributed by atoms with Crippen LogP contribution in [0.25, 0.3) is 0 Å². The molecule has 1 aromatic carbocycles. The van der Waals surface area contributed by atoms with E-state index in [4.69, 9.17) is 11.6 Å². The molecule has 0 atom stereocenters. The van der Waals surface area contributed by atoms with E-state index < -0.39 is 5.91 Å². The first-order valence-corrected chi connectivity index (χ1v) is 5.85. The minimum absolute atomic E-state index is 0.102. The van der Waals surface area contributed by atoms with Gasteiger partial charge in [0.25, 0.3) is 5.91 Å². The predicted octanol–water partition coefficient (Wildman–Crippen LogP) is 2.46. The van der Waals surface area contributed by atoms with Crippen LogP contribution in [-0.2, 0) is 0 Å². The highest BCUT2D eigenvalue weighted by atomic mass is 35.5. The van der Waals surface area contributed by atoms with Crippen molar-refractivity contribution in [3.8, 4) is 5.75 Å². The number of phenols is 1. The van der Waals surface area contributed by atoms with Crippen LogP contribution in [-0.4, -0.2) is 21.2 Å². The minimum atomic E-state index is -0.471. The summed E-state index contributed by atoms with van der Waals surface area (Å²) in [6.45, 7) is 1.78. The third kappa shape index (κ3) is 2.72. The number of amides is 1. The number of halogens is 1. The minimum Gasteiger partial charge on any atom is -0.507 e. The van der Waals surface area contributed by atoms with E-state index in [0.29, 0.717) is 10.2 Å². The lowest BCUT2D eigenvalue weighted by Crippen LogP contribution is -2.11. The first kappa shape index (κ1) is 11.8. The van der Waals surface area contributed by atoms with Gasteiger partial charge in [-0.25, -0.2) is 0 Å². The van der Waals surface area contributed by atoms with Gasteiger partial charge in [0.2, 0.25) is 5.13 Å². The van der Waals surface area contributed by atoms with Gasteiger partial charge in [-0.3, -0.25) is 10.1 Å². The smallest absolute Gasteiger partial charge is 0.261 e. The Kier molecular flexibility index (Phi) is 3.26. The molecule has 5 nitrogen and oxygen atoms in total. The zero-order valence-electron chi connectivity index (χ0n) is 8.77. The normalized spacial score (nSPS) is 10.2. The van der Waals surface area contributed by atoms with E-state index in [1.54, 1.807) is 6.92 Å². The van der Waals surface area contributed by atoms with Gasteiger partial charge in [0, 0.05) is 5.02 Å². The standard InChI is InChI=1S/C10H8ClN3O2S/c1-5-13-14-10(17-5)12-9(16)7-4-6(11)2-3-8(7)15/h2-4,15H,1H3,(H,12,14,16). The number of rotatable bonds is 2. The maximum Gasteiger partial charge on any atom is 0.261 e. The molecule has 0 radical (unpaired) electrons. The molecule has 0 fully saturated rings. The lowest BCUT2D eigenvalue weighted by atomic mass is 10.2. The summed E-state index contributed by atoms with van der Waals surface area (Å²) in [6.07, 6.45) is 0. The first-order valence-electron chi connectivity index (χ1n) is 4.66. The molecule has 0 aliphatic rings. The van der Waals surface area contributed by atoms with Gasteiger partial charge in [-0.2, -0.15) is 0 Å². The van der Waals surface area contributed by atoms with Crippen LogP contribution < -0.4 is 5.32 Å². The Morgan fingerprint density at radius 1 is 1.47 bits per heavy atom. The second-order valence-electron chi connectivity index (χ2n) is 3.24. The number of aromatic nitrogens is 2. The molecule has 2 rings (SSSR count). The number of aromatic hydroxyl groups is 1. The van der Waals surface area contributed by atoms with E-state index in [2.05, 4.69) is 15.5 Å². The van der Waals surface area contributed by atoms with Crippen LogP contribution in [0.4, 0.5) is 5.13 Å². The SMILES string of the molecule is Cc1nnc(NC(=O)c2cc(Cl)ccc2O)s1. The quantitative estimate of drug-likeness (QED) is 0.878. The Labute approximate surface area is 106 Å². The monoisotopic (exact) mass is 269 g/mol. The molecule has 0 aliphatic carbocycles. The van der Waals surface area contributed by atoms with E-state index >= 15 is 0 Å². The molecule has 1 aromatic heterocycles. The van der Waals surface area contributed by atoms with Gasteiger partial charge in [0.15, 0.2) is 0 Å². The number of phenolic OH excluding ortho intramolecular Hbond substituents is 1. The van der Waals surface area contributed by atoms with Gasteiger partial charge in [-0.05, 0) is 25.1 Å². The molecule has 0 spiro atoms. The van der Waals surface area contributed by atoms with Crippen LogP contribution in [0, 0.1) is 6.92 Å². The number of nitrogens with zero attached hydrogens (tertiary/aromatic N) is 2. The van der Waals surface area contributed by atoms with E-state index in [-0.39, 0.29) is 11.3 Å². The predicted molar refractivity (Wildman–Crippen MR) is 65.7 cm³/mol. The molecular weight excluding hydrogens is 262 g/mol. The van der Waals surface area contributed by atoms with Crippen molar-refractivity contribution in [1.29, 1.82) is 0 Å². The Morgan fingerprint density at radius 3 is 2.88 bits per heavy atom. The van der Waals surface area contributed by atoms with Crippen molar-refractivity contribution in [3.63, 3.8) is 0 Å². The number of carbonyl (C=O) groups is 1. The van der Waals surface area contributed by atoms with E-state index in [1.165, 1.54) is 29.5 Å². The van der Waals surface area contributed by atoms with Gasteiger partial charge in [-0.1, -0.05) is 22.9 Å². The molecule has 0 unspecified atom stereocenters. The fourth-order valence-electron chi connectivity index (χ4n) is 1.20. The highest BCUT2D eigenvalue weighted by Gasteiger charge is 2.13. The second-order valence-corrected chi connectivity index (χ2v) is 4.86. The molecular formula is C10H8ClN3O2S. The number of nitrogens with one attached hydrogen (secondary N) is 1. The van der Waals surface area contributed by atoms with Crippen LogP contribution in [0.1, 0.15) is 15.4 Å². The van der Waals surface area contributed by atoms with Gasteiger partial charge >= 0.3 is 0 Å². The van der Waals surface area contributed by atoms with Crippen LogP contribution in [0.5, 0.6) is 5.75 Å². The molecule has 17 heavy (non-hydrogen) atoms. The van der Waals surface area contributed by atoms with Gasteiger partial charge in [-0.15, -0.1) is 10.2 Å². The fraction of sp³-hybridized carbons (Fsp3) is 0.100. The molecule has 1 amide bonds. The van der Waals surface area contributed by atoms with Crippen molar-refractivity contribution in [3.05, 3.63) is 33.8 Å². The first-order chi connectivity index (χ1) is 8.06. The van der Waals surface area contributed by atoms with Crippen molar-refractivity contribution in [1.82, 2.24) is 10.2 Å². The van der Waals surface area contributed by atoms with Crippen molar-refractivity contribution in [2.24, 2.45) is 0 Å². The summed E-state index contributed by atoms with van der Waals surface area (Å²) in [5.41, 5.74) is 0.102. The van der Waals surface area contributed by atoms with E-state index in [9.17, 15) is 9.90 Å². The number of hydrogen-bond acceptors (Lipinski definition) is 5. The molecule has 1 heterocycles. The lowest BCUT2D eigenvalue weighted by Gasteiger charge is -2.04. The Bertz CT molecular complexity index is 570. The molecule has 0 saturated carbocycles. The maximum atomic E-state index is 11.8. The topological polar surface area (TPSA) is 75.1 Å². The summed E-state index contributed by atoms with van der Waals surface area (Å²) >= 11 is 7.00. The average molecular weight is 270 g/mol. The Hall–Kier alpha value is -1.66. The number of benzene rings is 1. The molecule has 2 N–H and O–H groups in total. The van der Waals surface area contributed by atoms with E-state index in [0.717, 1.165) is 5.01 Å². The molecule has 0 aliphatic heterocycles. The van der Waals surface area contributed by atoms with Crippen molar-refractivity contribution in [2.45, 2.75) is 6.92 Å². The molecule has 2 aromatic rings. The van der Waals surface area contributed by atoms with Crippen LogP contribution in [0.2, 0.25) is 5.02 Å². The van der Waals surface area contributed by atoms with E-state index in [1.807, 2.05) is 0 Å². The molecule has 88 valence electrons. The Balaban J connectivity index is 2.22. The van der Waals surface area contributed by atoms with Crippen LogP contribution in [0.15, 0.2) is 18.2 Å². The number of hydrogen-bond donors (Lipinski definition) is 2. The highest BCUT2D eigenvalue weighted by Crippen LogP contribution is 2.23. The summed E-state index contributed by atoms with van der Waals surface area (Å²) in [6, 6.07) is 4.26. The summed E-state index contributed by atoms with van der Waals surface area (Å²) < 4.78 is 0. The van der Waals surface area contributed by atoms with Crippen molar-refractivity contribution in [2.75, 3.05) is 5.32 Å². The molecule has 0 bridgehead atoms. The van der Waals surface area contributed by atoms with Crippen molar-refractivity contribution < 1.29 is 9.90 Å². The maximum absolute atomic E-state index is 11.8. The fourth-order valence-corrected chi connectivity index (χ4v) is 1.96. The third-order valence-electron chi connectivity index (χ3n) is 1.95. The number of anilines is 1. The summed E-state index contributed by atoms with van der Waals surface area (Å²) in [5.74, 6) is -0.603. The Morgan fingerprint density at radius 2 is 2.24 bits per heavy atom.